The van der Waals surface area contributed by atoms with E-state index in [1.165, 1.54) is 25.3 Å². The van der Waals surface area contributed by atoms with Crippen LogP contribution in [-0.4, -0.2) is 38.6 Å². The lowest BCUT2D eigenvalue weighted by Crippen LogP contribution is -2.37. The number of nitrogens with one attached hydrogen (secondary N) is 2. The van der Waals surface area contributed by atoms with E-state index in [0.29, 0.717) is 11.5 Å². The fourth-order valence-electron chi connectivity index (χ4n) is 2.41. The first-order chi connectivity index (χ1) is 13.5. The molecule has 2 amide bonds. The number of amides is 2. The molecule has 2 rings (SSSR count). The van der Waals surface area contributed by atoms with Crippen LogP contribution in [0.1, 0.15) is 22.8 Å². The topological polar surface area (TPSA) is 76.7 Å². The normalized spacial score (nSPS) is 10.5. The second-order valence-electron chi connectivity index (χ2n) is 5.78. The van der Waals surface area contributed by atoms with E-state index in [0.717, 1.165) is 5.56 Å². The molecule has 0 radical (unpaired) electrons. The van der Waals surface area contributed by atoms with Gasteiger partial charge in [0.25, 0.3) is 11.8 Å². The van der Waals surface area contributed by atoms with Crippen LogP contribution in [0.25, 0.3) is 6.08 Å². The molecule has 0 heterocycles. The third-order valence-electron chi connectivity index (χ3n) is 3.76. The Morgan fingerprint density at radius 1 is 1.07 bits per heavy atom. The van der Waals surface area contributed by atoms with Gasteiger partial charge < -0.3 is 20.1 Å². The molecule has 148 valence electrons. The van der Waals surface area contributed by atoms with Crippen molar-refractivity contribution in [2.24, 2.45) is 0 Å². The first kappa shape index (κ1) is 21.0. The lowest BCUT2D eigenvalue weighted by molar-refractivity contribution is -0.123. The first-order valence-electron chi connectivity index (χ1n) is 8.78. The molecule has 7 heteroatoms. The highest BCUT2D eigenvalue weighted by molar-refractivity contribution is 5.94. The molecular formula is C21H23FN2O4. The molecule has 0 bridgehead atoms. The Morgan fingerprint density at radius 3 is 2.54 bits per heavy atom. The molecule has 0 aromatic heterocycles. The maximum absolute atomic E-state index is 13.5. The van der Waals surface area contributed by atoms with Crippen LogP contribution in [0.4, 0.5) is 4.39 Å². The van der Waals surface area contributed by atoms with E-state index in [-0.39, 0.29) is 31.2 Å². The Bertz CT molecular complexity index is 852. The number of ether oxygens (including phenoxy) is 2. The van der Waals surface area contributed by atoms with Gasteiger partial charge in [-0.15, -0.1) is 0 Å². The number of benzene rings is 2. The zero-order valence-corrected chi connectivity index (χ0v) is 15.8. The van der Waals surface area contributed by atoms with E-state index in [9.17, 15) is 14.0 Å². The number of hydrogen-bond donors (Lipinski definition) is 2. The Morgan fingerprint density at radius 2 is 1.82 bits per heavy atom. The van der Waals surface area contributed by atoms with Crippen molar-refractivity contribution in [2.45, 2.75) is 6.92 Å². The van der Waals surface area contributed by atoms with Crippen LogP contribution in [0.2, 0.25) is 0 Å². The molecule has 0 atom stereocenters. The number of allylic oxidation sites excluding steroid dienone is 1. The fraction of sp³-hybridized carbons (Fsp3) is 0.238. The molecule has 0 aliphatic carbocycles. The van der Waals surface area contributed by atoms with E-state index in [1.807, 2.05) is 31.2 Å². The van der Waals surface area contributed by atoms with Gasteiger partial charge in [0.15, 0.2) is 18.1 Å². The smallest absolute Gasteiger partial charge is 0.258 e. The van der Waals surface area contributed by atoms with E-state index < -0.39 is 11.7 Å². The lowest BCUT2D eigenvalue weighted by Gasteiger charge is -2.12. The van der Waals surface area contributed by atoms with E-state index in [2.05, 4.69) is 10.6 Å². The maximum Gasteiger partial charge on any atom is 0.258 e. The second-order valence-corrected chi connectivity index (χ2v) is 5.78. The van der Waals surface area contributed by atoms with Crippen LogP contribution >= 0.6 is 0 Å². The van der Waals surface area contributed by atoms with Crippen molar-refractivity contribution in [3.05, 3.63) is 65.5 Å². The van der Waals surface area contributed by atoms with E-state index in [1.54, 1.807) is 12.1 Å². The van der Waals surface area contributed by atoms with Gasteiger partial charge in [0.1, 0.15) is 5.82 Å². The van der Waals surface area contributed by atoms with Gasteiger partial charge in [-0.25, -0.2) is 4.39 Å². The molecule has 2 aromatic rings. The number of methoxy groups -OCH3 is 1. The average molecular weight is 386 g/mol. The predicted octanol–water partition coefficient (Wildman–Crippen LogP) is 2.79. The molecule has 2 aromatic carbocycles. The molecule has 0 spiro atoms. The first-order valence-corrected chi connectivity index (χ1v) is 8.78. The summed E-state index contributed by atoms with van der Waals surface area (Å²) in [5.74, 6) is -0.486. The summed E-state index contributed by atoms with van der Waals surface area (Å²) in [6.07, 6.45) is 3.84. The van der Waals surface area contributed by atoms with E-state index in [4.69, 9.17) is 9.47 Å². The van der Waals surface area contributed by atoms with Gasteiger partial charge in [0.05, 0.1) is 12.7 Å². The third kappa shape index (κ3) is 6.12. The van der Waals surface area contributed by atoms with Gasteiger partial charge in [0.2, 0.25) is 0 Å². The summed E-state index contributed by atoms with van der Waals surface area (Å²) >= 11 is 0. The van der Waals surface area contributed by atoms with Crippen LogP contribution in [0.5, 0.6) is 11.5 Å². The summed E-state index contributed by atoms with van der Waals surface area (Å²) in [4.78, 5) is 23.8. The highest BCUT2D eigenvalue weighted by atomic mass is 19.1. The van der Waals surface area contributed by atoms with Crippen LogP contribution in [0, 0.1) is 5.82 Å². The van der Waals surface area contributed by atoms with Crippen molar-refractivity contribution >= 4 is 17.9 Å². The summed E-state index contributed by atoms with van der Waals surface area (Å²) < 4.78 is 24.3. The molecule has 0 saturated heterocycles. The van der Waals surface area contributed by atoms with Gasteiger partial charge in [-0.05, 0) is 36.8 Å². The van der Waals surface area contributed by atoms with Gasteiger partial charge in [-0.2, -0.15) is 0 Å². The Hall–Kier alpha value is -3.35. The van der Waals surface area contributed by atoms with Gasteiger partial charge in [-0.3, -0.25) is 9.59 Å². The van der Waals surface area contributed by atoms with Crippen LogP contribution < -0.4 is 20.1 Å². The van der Waals surface area contributed by atoms with Crippen LogP contribution in [0.3, 0.4) is 0 Å². The van der Waals surface area contributed by atoms with Crippen LogP contribution in [0.15, 0.2) is 48.5 Å². The minimum atomic E-state index is -0.591. The maximum atomic E-state index is 13.5. The molecule has 2 N–H and O–H groups in total. The number of rotatable bonds is 9. The zero-order valence-electron chi connectivity index (χ0n) is 15.8. The Balaban J connectivity index is 1.74. The molecular weight excluding hydrogens is 363 g/mol. The highest BCUT2D eigenvalue weighted by Crippen LogP contribution is 2.28. The van der Waals surface area contributed by atoms with Gasteiger partial charge in [-0.1, -0.05) is 30.4 Å². The lowest BCUT2D eigenvalue weighted by atomic mass is 10.2. The minimum Gasteiger partial charge on any atom is -0.493 e. The highest BCUT2D eigenvalue weighted by Gasteiger charge is 2.11. The molecule has 0 aliphatic heterocycles. The van der Waals surface area contributed by atoms with Crippen molar-refractivity contribution in [3.63, 3.8) is 0 Å². The predicted molar refractivity (Wildman–Crippen MR) is 105 cm³/mol. The molecule has 0 saturated carbocycles. The largest absolute Gasteiger partial charge is 0.493 e. The number of carbonyl (C=O) groups is 2. The fourth-order valence-corrected chi connectivity index (χ4v) is 2.41. The minimum absolute atomic E-state index is 0.0365. The Labute approximate surface area is 163 Å². The standard InChI is InChI=1S/C21H23FN2O4/c1-3-6-15-9-10-18(19(13-15)27-2)28-14-20(25)23-11-12-24-21(26)16-7-4-5-8-17(16)22/h3-10,13H,11-12,14H2,1-2H3,(H,23,25)(H,24,26)/b6-3+. The summed E-state index contributed by atoms with van der Waals surface area (Å²) in [5.41, 5.74) is 0.923. The summed E-state index contributed by atoms with van der Waals surface area (Å²) in [7, 11) is 1.53. The van der Waals surface area contributed by atoms with Crippen molar-refractivity contribution in [3.8, 4) is 11.5 Å². The molecule has 0 aliphatic rings. The second kappa shape index (κ2) is 10.7. The van der Waals surface area contributed by atoms with Gasteiger partial charge >= 0.3 is 0 Å². The molecule has 6 nitrogen and oxygen atoms in total. The van der Waals surface area contributed by atoms with Crippen molar-refractivity contribution < 1.29 is 23.5 Å². The number of halogens is 1. The quantitative estimate of drug-likeness (QED) is 0.650. The van der Waals surface area contributed by atoms with E-state index >= 15 is 0 Å². The molecule has 0 unspecified atom stereocenters. The molecule has 0 fully saturated rings. The summed E-state index contributed by atoms with van der Waals surface area (Å²) in [6, 6.07) is 11.1. The van der Waals surface area contributed by atoms with Crippen molar-refractivity contribution in [1.82, 2.24) is 10.6 Å². The van der Waals surface area contributed by atoms with Crippen molar-refractivity contribution in [2.75, 3.05) is 26.8 Å². The van der Waals surface area contributed by atoms with Crippen molar-refractivity contribution in [1.29, 1.82) is 0 Å². The number of carbonyl (C=O) groups excluding carboxylic acids is 2. The summed E-state index contributed by atoms with van der Waals surface area (Å²) in [6.45, 7) is 2.08. The Kier molecular flexibility index (Phi) is 8.02. The number of hydrogen-bond acceptors (Lipinski definition) is 4. The zero-order chi connectivity index (χ0) is 20.4. The monoisotopic (exact) mass is 386 g/mol. The third-order valence-corrected chi connectivity index (χ3v) is 3.76. The SMILES string of the molecule is C/C=C/c1ccc(OCC(=O)NCCNC(=O)c2ccccc2F)c(OC)c1. The average Bonchev–Trinajstić information content (AvgIpc) is 2.70. The summed E-state index contributed by atoms with van der Waals surface area (Å²) in [5, 5.41) is 5.16. The van der Waals surface area contributed by atoms with Crippen LogP contribution in [-0.2, 0) is 4.79 Å². The van der Waals surface area contributed by atoms with Gasteiger partial charge in [0, 0.05) is 13.1 Å². The molecule has 28 heavy (non-hydrogen) atoms.